The number of nitrogens with zero attached hydrogens (tertiary/aromatic N) is 1. The van der Waals surface area contributed by atoms with E-state index >= 15 is 0 Å². The predicted molar refractivity (Wildman–Crippen MR) is 165 cm³/mol. The third-order valence-corrected chi connectivity index (χ3v) is 13.0. The maximum absolute atomic E-state index is 13.8. The van der Waals surface area contributed by atoms with E-state index in [9.17, 15) is 4.79 Å². The minimum Gasteiger partial charge on any atom is -0.407 e. The summed E-state index contributed by atoms with van der Waals surface area (Å²) in [5.74, 6) is -0.116. The van der Waals surface area contributed by atoms with Crippen LogP contribution in [-0.4, -0.2) is 52.4 Å². The Kier molecular flexibility index (Phi) is 11.3. The van der Waals surface area contributed by atoms with Gasteiger partial charge in [-0.25, -0.2) is 5.06 Å². The van der Waals surface area contributed by atoms with Crippen molar-refractivity contribution in [2.45, 2.75) is 64.1 Å². The largest absolute Gasteiger partial charge is 0.407 e. The van der Waals surface area contributed by atoms with Gasteiger partial charge in [-0.15, -0.1) is 0 Å². The molecule has 1 amide bonds. The molecule has 220 valence electrons. The molecular formula is C34H45NO5Si. The van der Waals surface area contributed by atoms with E-state index in [0.29, 0.717) is 32.7 Å². The Labute approximate surface area is 246 Å². The normalized spacial score (nSPS) is 18.0. The first-order chi connectivity index (χ1) is 19.9. The molecule has 1 heterocycles. The molecule has 0 radical (unpaired) electrons. The molecule has 1 fully saturated rings. The number of rotatable bonds is 14. The number of ether oxygens (including phenoxy) is 2. The number of hydrogen-bond donors (Lipinski definition) is 0. The number of piperidine rings is 1. The first-order valence-corrected chi connectivity index (χ1v) is 16.6. The van der Waals surface area contributed by atoms with Gasteiger partial charge >= 0.3 is 0 Å². The topological polar surface area (TPSA) is 57.2 Å². The summed E-state index contributed by atoms with van der Waals surface area (Å²) in [5.41, 5.74) is 1.03. The minimum absolute atomic E-state index is 0.0306. The van der Waals surface area contributed by atoms with Crippen molar-refractivity contribution in [3.05, 3.63) is 96.6 Å². The lowest BCUT2D eigenvalue weighted by atomic mass is 9.90. The van der Waals surface area contributed by atoms with Crippen LogP contribution in [0.5, 0.6) is 0 Å². The molecule has 0 N–H and O–H groups in total. The van der Waals surface area contributed by atoms with Crippen LogP contribution in [0.2, 0.25) is 5.04 Å². The van der Waals surface area contributed by atoms with E-state index in [2.05, 4.69) is 81.4 Å². The van der Waals surface area contributed by atoms with E-state index in [1.165, 1.54) is 10.4 Å². The molecule has 0 unspecified atom stereocenters. The molecule has 4 rings (SSSR count). The average molecular weight is 576 g/mol. The summed E-state index contributed by atoms with van der Waals surface area (Å²) < 4.78 is 17.7. The molecule has 7 heteroatoms. The van der Waals surface area contributed by atoms with Gasteiger partial charge in [-0.1, -0.05) is 112 Å². The maximum atomic E-state index is 13.8. The highest BCUT2D eigenvalue weighted by molar-refractivity contribution is 6.99. The highest BCUT2D eigenvalue weighted by Gasteiger charge is 2.50. The zero-order chi connectivity index (χ0) is 29.1. The van der Waals surface area contributed by atoms with E-state index in [1.807, 2.05) is 30.3 Å². The summed E-state index contributed by atoms with van der Waals surface area (Å²) in [6.07, 6.45) is 3.03. The molecule has 0 saturated carbocycles. The number of methoxy groups -OCH3 is 1. The molecule has 0 bridgehead atoms. The lowest BCUT2D eigenvalue weighted by Gasteiger charge is -2.43. The molecule has 3 aromatic carbocycles. The number of carbonyl (C=O) groups is 1. The fourth-order valence-electron chi connectivity index (χ4n) is 5.89. The molecule has 1 aliphatic rings. The molecule has 3 aromatic rings. The molecule has 1 aliphatic heterocycles. The van der Waals surface area contributed by atoms with Crippen molar-refractivity contribution in [3.8, 4) is 0 Å². The number of hydrogen-bond acceptors (Lipinski definition) is 5. The molecular weight excluding hydrogens is 530 g/mol. The van der Waals surface area contributed by atoms with Gasteiger partial charge in [0.2, 0.25) is 5.91 Å². The second kappa shape index (κ2) is 14.9. The van der Waals surface area contributed by atoms with Crippen LogP contribution in [0.1, 0.15) is 52.0 Å². The van der Waals surface area contributed by atoms with Crippen LogP contribution in [0.25, 0.3) is 0 Å². The zero-order valence-electron chi connectivity index (χ0n) is 25.0. The molecule has 0 aromatic heterocycles. The zero-order valence-corrected chi connectivity index (χ0v) is 26.0. The summed E-state index contributed by atoms with van der Waals surface area (Å²) in [7, 11) is -1.05. The van der Waals surface area contributed by atoms with E-state index in [1.54, 1.807) is 12.2 Å². The van der Waals surface area contributed by atoms with Crippen LogP contribution in [0.4, 0.5) is 0 Å². The molecule has 1 saturated heterocycles. The monoisotopic (exact) mass is 575 g/mol. The van der Waals surface area contributed by atoms with Crippen molar-refractivity contribution >= 4 is 24.6 Å². The minimum atomic E-state index is -2.66. The third kappa shape index (κ3) is 7.73. The summed E-state index contributed by atoms with van der Waals surface area (Å²) >= 11 is 0. The Hall–Kier alpha value is -2.81. The quantitative estimate of drug-likeness (QED) is 0.140. The highest BCUT2D eigenvalue weighted by Crippen LogP contribution is 2.37. The van der Waals surface area contributed by atoms with Gasteiger partial charge in [0.15, 0.2) is 0 Å². The second-order valence-electron chi connectivity index (χ2n) is 11.8. The first kappa shape index (κ1) is 31.1. The summed E-state index contributed by atoms with van der Waals surface area (Å²) in [6.45, 7) is 8.46. The predicted octanol–water partition coefficient (Wildman–Crippen LogP) is 5.70. The van der Waals surface area contributed by atoms with Crippen LogP contribution >= 0.6 is 0 Å². The van der Waals surface area contributed by atoms with Crippen molar-refractivity contribution in [2.75, 3.05) is 27.1 Å². The van der Waals surface area contributed by atoms with Crippen molar-refractivity contribution in [1.82, 2.24) is 5.06 Å². The Morgan fingerprint density at radius 3 is 1.95 bits per heavy atom. The van der Waals surface area contributed by atoms with Gasteiger partial charge in [0.05, 0.1) is 12.6 Å². The summed E-state index contributed by atoms with van der Waals surface area (Å²) in [4.78, 5) is 20.0. The Balaban J connectivity index is 1.50. The SMILES string of the molecule is COCOCC[C@H]1CC[C@@H](CCO[Si](c2ccccc2)(c2ccccc2)C(C)(C)C)C(=O)N1OCc1ccccc1. The fraction of sp³-hybridized carbons (Fsp3) is 0.441. The van der Waals surface area contributed by atoms with Crippen LogP contribution < -0.4 is 10.4 Å². The van der Waals surface area contributed by atoms with Crippen molar-refractivity contribution in [2.24, 2.45) is 5.92 Å². The van der Waals surface area contributed by atoms with E-state index in [0.717, 1.165) is 18.4 Å². The highest BCUT2D eigenvalue weighted by atomic mass is 28.4. The smallest absolute Gasteiger partial charge is 0.261 e. The third-order valence-electron chi connectivity index (χ3n) is 7.96. The average Bonchev–Trinajstić information content (AvgIpc) is 2.99. The number of hydroxylamine groups is 2. The van der Waals surface area contributed by atoms with E-state index in [-0.39, 0.29) is 29.7 Å². The Morgan fingerprint density at radius 1 is 0.805 bits per heavy atom. The Morgan fingerprint density at radius 2 is 1.39 bits per heavy atom. The Bertz CT molecular complexity index is 1150. The molecule has 41 heavy (non-hydrogen) atoms. The number of benzene rings is 3. The summed E-state index contributed by atoms with van der Waals surface area (Å²) in [5, 5.41) is 4.01. The van der Waals surface area contributed by atoms with Crippen LogP contribution in [0.3, 0.4) is 0 Å². The van der Waals surface area contributed by atoms with Gasteiger partial charge in [0.25, 0.3) is 8.32 Å². The second-order valence-corrected chi connectivity index (χ2v) is 16.1. The van der Waals surface area contributed by atoms with Crippen molar-refractivity contribution in [1.29, 1.82) is 0 Å². The van der Waals surface area contributed by atoms with Gasteiger partial charge in [-0.2, -0.15) is 0 Å². The molecule has 0 spiro atoms. The lowest BCUT2D eigenvalue weighted by Crippen LogP contribution is -2.66. The van der Waals surface area contributed by atoms with E-state index in [4.69, 9.17) is 18.7 Å². The van der Waals surface area contributed by atoms with Gasteiger partial charge in [0, 0.05) is 19.6 Å². The number of carbonyl (C=O) groups excluding carboxylic acids is 1. The van der Waals surface area contributed by atoms with Gasteiger partial charge < -0.3 is 13.9 Å². The van der Waals surface area contributed by atoms with Gasteiger partial charge in [-0.05, 0) is 46.7 Å². The maximum Gasteiger partial charge on any atom is 0.261 e. The standard InChI is InChI=1S/C34H45NO5Si/c1-34(2,3)41(31-16-10-6-11-17-31,32-18-12-7-13-19-32)40-25-22-29-20-21-30(23-24-38-27-37-4)35(33(29)36)39-26-28-14-8-5-9-15-28/h5-19,29-30H,20-27H2,1-4H3/t29-,30+/m0/s1. The van der Waals surface area contributed by atoms with Gasteiger partial charge in [0.1, 0.15) is 13.4 Å². The molecule has 6 nitrogen and oxygen atoms in total. The van der Waals surface area contributed by atoms with Crippen LogP contribution in [0, 0.1) is 5.92 Å². The van der Waals surface area contributed by atoms with Crippen molar-refractivity contribution in [3.63, 3.8) is 0 Å². The van der Waals surface area contributed by atoms with E-state index < -0.39 is 8.32 Å². The number of amides is 1. The fourth-order valence-corrected chi connectivity index (χ4v) is 10.5. The van der Waals surface area contributed by atoms with Crippen molar-refractivity contribution < 1.29 is 23.5 Å². The van der Waals surface area contributed by atoms with Crippen LogP contribution in [-0.2, 0) is 30.1 Å². The lowest BCUT2D eigenvalue weighted by molar-refractivity contribution is -0.221. The molecule has 2 atom stereocenters. The summed E-state index contributed by atoms with van der Waals surface area (Å²) in [6, 6.07) is 31.2. The molecule has 0 aliphatic carbocycles. The van der Waals surface area contributed by atoms with Crippen LogP contribution in [0.15, 0.2) is 91.0 Å². The first-order valence-electron chi connectivity index (χ1n) is 14.7. The van der Waals surface area contributed by atoms with Gasteiger partial charge in [-0.3, -0.25) is 9.63 Å².